The van der Waals surface area contributed by atoms with E-state index >= 15 is 0 Å². The fourth-order valence-electron chi connectivity index (χ4n) is 4.03. The molecule has 0 saturated carbocycles. The third kappa shape index (κ3) is 3.08. The number of hydrogen-bond donors (Lipinski definition) is 0. The molecule has 0 unspecified atom stereocenters. The first kappa shape index (κ1) is 16.7. The van der Waals surface area contributed by atoms with Crippen LogP contribution in [-0.4, -0.2) is 0 Å². The van der Waals surface area contributed by atoms with Gasteiger partial charge in [-0.3, -0.25) is 4.79 Å². The number of aryl methyl sites for hydroxylation is 4. The maximum absolute atomic E-state index is 13.4. The maximum atomic E-state index is 13.4. The van der Waals surface area contributed by atoms with E-state index in [9.17, 15) is 4.79 Å². The van der Waals surface area contributed by atoms with Crippen molar-refractivity contribution in [2.24, 2.45) is 0 Å². The number of rotatable bonds is 0. The minimum atomic E-state index is 0.129. The van der Waals surface area contributed by atoms with Crippen molar-refractivity contribution in [1.82, 2.24) is 0 Å². The molecule has 6 rings (SSSR count). The lowest BCUT2D eigenvalue weighted by Crippen LogP contribution is -2.01. The molecule has 0 heterocycles. The average molecular weight is 415 g/mol. The number of hydrogen-bond acceptors (Lipinski definition) is 1. The molecule has 0 aromatic heterocycles. The summed E-state index contributed by atoms with van der Waals surface area (Å²) >= 11 is 3.69. The van der Waals surface area contributed by atoms with Crippen molar-refractivity contribution < 1.29 is 0 Å². The second-order valence-corrected chi connectivity index (χ2v) is 8.29. The predicted molar refractivity (Wildman–Crippen MR) is 117 cm³/mol. The van der Waals surface area contributed by atoms with Crippen molar-refractivity contribution in [2.75, 3.05) is 0 Å². The highest BCUT2D eigenvalue weighted by molar-refractivity contribution is 9.10. The highest BCUT2D eigenvalue weighted by Gasteiger charge is 2.09. The summed E-state index contributed by atoms with van der Waals surface area (Å²) in [7, 11) is 0. The van der Waals surface area contributed by atoms with Crippen LogP contribution in [-0.2, 0) is 25.7 Å². The second-order valence-electron chi connectivity index (χ2n) is 7.44. The third-order valence-corrected chi connectivity index (χ3v) is 6.31. The summed E-state index contributed by atoms with van der Waals surface area (Å²) in [6, 6.07) is 23.7. The Bertz CT molecular complexity index is 1240. The smallest absolute Gasteiger partial charge is 0.194 e. The number of benzene rings is 3. The molecule has 6 bridgehead atoms. The lowest BCUT2D eigenvalue weighted by atomic mass is 9.99. The number of halogens is 1. The largest absolute Gasteiger partial charge is 0.289 e. The molecule has 1 nitrogen and oxygen atoms in total. The van der Waals surface area contributed by atoms with Crippen molar-refractivity contribution >= 4 is 37.5 Å². The molecule has 0 N–H and O–H groups in total. The van der Waals surface area contributed by atoms with E-state index in [0.717, 1.165) is 51.7 Å². The van der Waals surface area contributed by atoms with Crippen LogP contribution in [0.15, 0.2) is 76.0 Å². The van der Waals surface area contributed by atoms with Crippen LogP contribution in [0.3, 0.4) is 0 Å². The summed E-state index contributed by atoms with van der Waals surface area (Å²) in [5.41, 5.74) is 5.24. The normalized spacial score (nSPS) is 13.7. The molecular weight excluding hydrogens is 396 g/mol. The minimum absolute atomic E-state index is 0.129. The quantitative estimate of drug-likeness (QED) is 0.344. The van der Waals surface area contributed by atoms with Gasteiger partial charge < -0.3 is 0 Å². The van der Waals surface area contributed by atoms with E-state index < -0.39 is 0 Å². The van der Waals surface area contributed by atoms with Crippen molar-refractivity contribution in [1.29, 1.82) is 0 Å². The molecule has 0 atom stereocenters. The van der Waals surface area contributed by atoms with Gasteiger partial charge in [-0.2, -0.15) is 0 Å². The summed E-state index contributed by atoms with van der Waals surface area (Å²) in [6.45, 7) is 0. The molecule has 2 aliphatic rings. The zero-order chi connectivity index (χ0) is 18.4. The zero-order valence-corrected chi connectivity index (χ0v) is 16.6. The van der Waals surface area contributed by atoms with Crippen LogP contribution in [0, 0.1) is 0 Å². The van der Waals surface area contributed by atoms with Crippen LogP contribution >= 0.6 is 15.9 Å². The molecule has 4 aromatic rings. The fraction of sp³-hybridized carbons (Fsp3) is 0.160. The first-order valence-electron chi connectivity index (χ1n) is 9.43. The van der Waals surface area contributed by atoms with Gasteiger partial charge in [0.15, 0.2) is 5.43 Å². The van der Waals surface area contributed by atoms with Crippen LogP contribution in [0.4, 0.5) is 0 Å². The van der Waals surface area contributed by atoms with Gasteiger partial charge in [0.2, 0.25) is 0 Å². The molecule has 27 heavy (non-hydrogen) atoms. The molecule has 0 aliphatic heterocycles. The Morgan fingerprint density at radius 1 is 0.556 bits per heavy atom. The summed E-state index contributed by atoms with van der Waals surface area (Å²) in [4.78, 5) is 13.4. The van der Waals surface area contributed by atoms with Gasteiger partial charge in [-0.15, -0.1) is 0 Å². The van der Waals surface area contributed by atoms with Gasteiger partial charge in [-0.05, 0) is 76.9 Å². The Kier molecular flexibility index (Phi) is 4.09. The van der Waals surface area contributed by atoms with Crippen LogP contribution in [0.1, 0.15) is 22.3 Å². The molecule has 0 amide bonds. The second kappa shape index (κ2) is 6.61. The Balaban J connectivity index is 1.83. The van der Waals surface area contributed by atoms with Gasteiger partial charge in [0, 0.05) is 15.2 Å². The summed E-state index contributed by atoms with van der Waals surface area (Å²) in [6.07, 6.45) is 3.86. The van der Waals surface area contributed by atoms with E-state index in [1.54, 1.807) is 0 Å². The standard InChI is InChI=1S/C25H19BrO/c26-24-15-20-11-9-18-7-5-16-1-3-17(4-2-16)6-8-19-10-12-21(24)23(14-19)25(27)22(20)13-18/h1-4,9-15H,5-8H2. The van der Waals surface area contributed by atoms with E-state index in [-0.39, 0.29) is 5.43 Å². The Hall–Kier alpha value is -2.45. The molecule has 4 aromatic carbocycles. The highest BCUT2D eigenvalue weighted by atomic mass is 79.9. The van der Waals surface area contributed by atoms with Gasteiger partial charge in [-0.25, -0.2) is 0 Å². The Labute approximate surface area is 166 Å². The van der Waals surface area contributed by atoms with Crippen molar-refractivity contribution in [2.45, 2.75) is 25.7 Å². The maximum Gasteiger partial charge on any atom is 0.194 e. The van der Waals surface area contributed by atoms with Gasteiger partial charge in [-0.1, -0.05) is 64.5 Å². The average Bonchev–Trinajstić information content (AvgIpc) is 2.80. The lowest BCUT2D eigenvalue weighted by Gasteiger charge is -2.06. The highest BCUT2D eigenvalue weighted by Crippen LogP contribution is 2.27. The SMILES string of the molecule is O=c1c2cc3ccc2cc(Br)c2ccc(cc12)CCc1ccc(cc1)CC3. The van der Waals surface area contributed by atoms with Crippen molar-refractivity contribution in [3.8, 4) is 0 Å². The summed E-state index contributed by atoms with van der Waals surface area (Å²) < 4.78 is 0.972. The Morgan fingerprint density at radius 2 is 1.07 bits per heavy atom. The monoisotopic (exact) mass is 414 g/mol. The van der Waals surface area contributed by atoms with E-state index in [1.807, 2.05) is 0 Å². The fourth-order valence-corrected chi connectivity index (χ4v) is 4.63. The first-order valence-corrected chi connectivity index (χ1v) is 10.2. The topological polar surface area (TPSA) is 17.1 Å². The van der Waals surface area contributed by atoms with E-state index in [2.05, 4.69) is 82.7 Å². The third-order valence-electron chi connectivity index (χ3n) is 5.66. The molecule has 2 heteroatoms. The van der Waals surface area contributed by atoms with E-state index in [0.29, 0.717) is 0 Å². The van der Waals surface area contributed by atoms with Crippen molar-refractivity contribution in [3.63, 3.8) is 0 Å². The van der Waals surface area contributed by atoms with Crippen molar-refractivity contribution in [3.05, 3.63) is 104 Å². The lowest BCUT2D eigenvalue weighted by molar-refractivity contribution is 0.942. The molecule has 0 fully saturated rings. The minimum Gasteiger partial charge on any atom is -0.289 e. The van der Waals surface area contributed by atoms with Gasteiger partial charge >= 0.3 is 0 Å². The summed E-state index contributed by atoms with van der Waals surface area (Å²) in [5, 5.41) is 3.58. The molecule has 0 saturated heterocycles. The van der Waals surface area contributed by atoms with Gasteiger partial charge in [0.25, 0.3) is 0 Å². The Morgan fingerprint density at radius 3 is 1.74 bits per heavy atom. The van der Waals surface area contributed by atoms with Crippen LogP contribution in [0.5, 0.6) is 0 Å². The predicted octanol–water partition coefficient (Wildman–Crippen LogP) is 6.00. The molecule has 2 aliphatic carbocycles. The molecular formula is C25H19BrO. The molecule has 132 valence electrons. The first-order chi connectivity index (χ1) is 13.2. The van der Waals surface area contributed by atoms with Crippen LogP contribution in [0.25, 0.3) is 21.5 Å². The number of fused-ring (bicyclic) bond motifs is 4. The summed E-state index contributed by atoms with van der Waals surface area (Å²) in [5.74, 6) is 0. The molecule has 0 spiro atoms. The van der Waals surface area contributed by atoms with Crippen LogP contribution < -0.4 is 5.43 Å². The van der Waals surface area contributed by atoms with Gasteiger partial charge in [0.05, 0.1) is 0 Å². The van der Waals surface area contributed by atoms with E-state index in [1.165, 1.54) is 22.3 Å². The van der Waals surface area contributed by atoms with Gasteiger partial charge in [0.1, 0.15) is 0 Å². The molecule has 0 radical (unpaired) electrons. The van der Waals surface area contributed by atoms with Crippen LogP contribution in [0.2, 0.25) is 0 Å². The van der Waals surface area contributed by atoms with E-state index in [4.69, 9.17) is 0 Å². The zero-order valence-electron chi connectivity index (χ0n) is 15.0.